The van der Waals surface area contributed by atoms with E-state index in [0.717, 1.165) is 30.6 Å². The quantitative estimate of drug-likeness (QED) is 0.317. The molecule has 1 aromatic rings. The lowest BCUT2D eigenvalue weighted by molar-refractivity contribution is -0.384. The first-order valence-electron chi connectivity index (χ1n) is 13.1. The Kier molecular flexibility index (Phi) is 5.75. The Bertz CT molecular complexity index is 992. The maximum atomic E-state index is 10.9. The van der Waals surface area contributed by atoms with E-state index in [-0.39, 0.29) is 5.69 Å². The molecule has 1 saturated heterocycles. The average Bonchev–Trinajstić information content (AvgIpc) is 3.43. The number of hydrogen-bond donors (Lipinski definition) is 0. The fraction of sp³-hybridized carbons (Fsp3) is 0.741. The molecule has 184 valence electrons. The summed E-state index contributed by atoms with van der Waals surface area (Å²) >= 11 is 4.61. The van der Waals surface area contributed by atoms with E-state index in [2.05, 4.69) is 42.5 Å². The van der Waals surface area contributed by atoms with Crippen molar-refractivity contribution in [3.05, 3.63) is 34.4 Å². The first-order chi connectivity index (χ1) is 16.3. The molecule has 0 aromatic heterocycles. The SMILES string of the molecule is C[C@]12CC/C(=N\Oc3ccc([N+](=O)[O-])cc3)C[C@@H]1CC[C@@H]1[C@@H]2CC[C@@]2(C)[C@H]1CCC21SCCS1. The largest absolute Gasteiger partial charge is 0.357 e. The van der Waals surface area contributed by atoms with Gasteiger partial charge in [-0.15, -0.1) is 23.5 Å². The molecule has 0 N–H and O–H groups in total. The van der Waals surface area contributed by atoms with Crippen molar-refractivity contribution in [1.29, 1.82) is 0 Å². The molecule has 5 aliphatic rings. The molecule has 4 aliphatic carbocycles. The van der Waals surface area contributed by atoms with Gasteiger partial charge in [0.25, 0.3) is 5.69 Å². The maximum absolute atomic E-state index is 10.9. The van der Waals surface area contributed by atoms with Crippen molar-refractivity contribution in [2.24, 2.45) is 39.7 Å². The predicted octanol–water partition coefficient (Wildman–Crippen LogP) is 7.55. The Balaban J connectivity index is 1.15. The van der Waals surface area contributed by atoms with Gasteiger partial charge >= 0.3 is 0 Å². The molecular weight excluding hydrogens is 464 g/mol. The minimum absolute atomic E-state index is 0.0760. The number of nitrogens with zero attached hydrogens (tertiary/aromatic N) is 2. The first kappa shape index (κ1) is 23.2. The van der Waals surface area contributed by atoms with E-state index in [1.807, 2.05) is 0 Å². The van der Waals surface area contributed by atoms with Crippen molar-refractivity contribution in [2.45, 2.75) is 75.7 Å². The molecule has 7 heteroatoms. The van der Waals surface area contributed by atoms with Crippen molar-refractivity contribution in [2.75, 3.05) is 11.5 Å². The number of thioether (sulfide) groups is 2. The molecule has 1 heterocycles. The fourth-order valence-corrected chi connectivity index (χ4v) is 12.6. The van der Waals surface area contributed by atoms with Gasteiger partial charge in [0.2, 0.25) is 0 Å². The van der Waals surface area contributed by atoms with Crippen LogP contribution in [0.2, 0.25) is 0 Å². The Morgan fingerprint density at radius 2 is 1.74 bits per heavy atom. The van der Waals surface area contributed by atoms with Gasteiger partial charge in [-0.25, -0.2) is 0 Å². The third-order valence-electron chi connectivity index (χ3n) is 10.6. The number of benzene rings is 1. The van der Waals surface area contributed by atoms with E-state index >= 15 is 0 Å². The molecule has 1 aliphatic heterocycles. The van der Waals surface area contributed by atoms with Crippen LogP contribution in [0.4, 0.5) is 5.69 Å². The predicted molar refractivity (Wildman–Crippen MR) is 141 cm³/mol. The van der Waals surface area contributed by atoms with Crippen LogP contribution in [0.1, 0.15) is 71.6 Å². The summed E-state index contributed by atoms with van der Waals surface area (Å²) in [4.78, 5) is 16.2. The molecule has 5 nitrogen and oxygen atoms in total. The zero-order valence-electron chi connectivity index (χ0n) is 20.3. The normalized spacial score (nSPS) is 41.6. The van der Waals surface area contributed by atoms with Crippen LogP contribution >= 0.6 is 23.5 Å². The van der Waals surface area contributed by atoms with Gasteiger partial charge in [-0.1, -0.05) is 19.0 Å². The molecule has 0 bridgehead atoms. The molecule has 5 fully saturated rings. The lowest BCUT2D eigenvalue weighted by Crippen LogP contribution is -2.55. The van der Waals surface area contributed by atoms with Crippen LogP contribution in [0.3, 0.4) is 0 Å². The molecule has 0 amide bonds. The molecule has 4 saturated carbocycles. The van der Waals surface area contributed by atoms with E-state index in [4.69, 9.17) is 4.84 Å². The molecule has 6 atom stereocenters. The van der Waals surface area contributed by atoms with Crippen LogP contribution in [0.15, 0.2) is 29.4 Å². The van der Waals surface area contributed by atoms with Crippen LogP contribution in [-0.4, -0.2) is 26.2 Å². The highest BCUT2D eigenvalue weighted by Crippen LogP contribution is 2.74. The lowest BCUT2D eigenvalue weighted by atomic mass is 9.45. The van der Waals surface area contributed by atoms with Crippen molar-refractivity contribution in [3.63, 3.8) is 0 Å². The van der Waals surface area contributed by atoms with Gasteiger partial charge in [-0.2, -0.15) is 0 Å². The number of non-ortho nitro benzene ring substituents is 1. The smallest absolute Gasteiger partial charge is 0.269 e. The van der Waals surface area contributed by atoms with E-state index in [1.54, 1.807) is 12.1 Å². The van der Waals surface area contributed by atoms with Gasteiger partial charge < -0.3 is 4.84 Å². The number of rotatable bonds is 3. The fourth-order valence-electron chi connectivity index (χ4n) is 8.77. The second-order valence-electron chi connectivity index (χ2n) is 11.8. The minimum atomic E-state index is -0.390. The highest BCUT2D eigenvalue weighted by molar-refractivity contribution is 8.21. The monoisotopic (exact) mass is 500 g/mol. The Labute approximate surface area is 211 Å². The number of fused-ring (bicyclic) bond motifs is 6. The van der Waals surface area contributed by atoms with Crippen molar-refractivity contribution >= 4 is 34.9 Å². The second-order valence-corrected chi connectivity index (χ2v) is 14.9. The standard InChI is InChI=1S/C27H36N2O3S2/c1-25-12-9-19(28-32-21-6-4-20(5-7-21)29(30)31)17-18(25)3-8-22-23(25)10-13-26(2)24(22)11-14-27(26)33-15-16-34-27/h4-7,18,22-24H,3,8-17H2,1-2H3/b28-19+/t18-,22+,23-,24-,25-,26-/m0/s1. The van der Waals surface area contributed by atoms with E-state index < -0.39 is 4.92 Å². The van der Waals surface area contributed by atoms with Gasteiger partial charge in [-0.3, -0.25) is 10.1 Å². The summed E-state index contributed by atoms with van der Waals surface area (Å²) in [5, 5.41) is 15.4. The number of nitro groups is 1. The zero-order valence-corrected chi connectivity index (χ0v) is 22.0. The number of oxime groups is 1. The molecule has 0 radical (unpaired) electrons. The number of nitro benzene ring substituents is 1. The molecule has 34 heavy (non-hydrogen) atoms. The Hall–Kier alpha value is -1.21. The molecule has 0 unspecified atom stereocenters. The van der Waals surface area contributed by atoms with Crippen molar-refractivity contribution < 1.29 is 9.76 Å². The van der Waals surface area contributed by atoms with Crippen LogP contribution in [0.25, 0.3) is 0 Å². The van der Waals surface area contributed by atoms with Crippen LogP contribution in [-0.2, 0) is 0 Å². The summed E-state index contributed by atoms with van der Waals surface area (Å²) in [7, 11) is 0. The topological polar surface area (TPSA) is 64.7 Å². The van der Waals surface area contributed by atoms with Crippen LogP contribution in [0, 0.1) is 44.6 Å². The van der Waals surface area contributed by atoms with Crippen LogP contribution in [0.5, 0.6) is 5.75 Å². The van der Waals surface area contributed by atoms with Crippen molar-refractivity contribution in [1.82, 2.24) is 0 Å². The first-order valence-corrected chi connectivity index (χ1v) is 15.1. The third-order valence-corrected chi connectivity index (χ3v) is 14.7. The summed E-state index contributed by atoms with van der Waals surface area (Å²) in [6, 6.07) is 6.21. The highest BCUT2D eigenvalue weighted by atomic mass is 32.2. The van der Waals surface area contributed by atoms with E-state index in [0.29, 0.717) is 26.6 Å². The van der Waals surface area contributed by atoms with Gasteiger partial charge in [0.15, 0.2) is 5.75 Å². The van der Waals surface area contributed by atoms with Crippen LogP contribution < -0.4 is 4.84 Å². The third kappa shape index (κ3) is 3.47. The van der Waals surface area contributed by atoms with Gasteiger partial charge in [0, 0.05) is 23.6 Å². The number of hydrogen-bond acceptors (Lipinski definition) is 6. The van der Waals surface area contributed by atoms with Gasteiger partial charge in [-0.05, 0) is 104 Å². The summed E-state index contributed by atoms with van der Waals surface area (Å²) in [6.45, 7) is 5.27. The summed E-state index contributed by atoms with van der Waals surface area (Å²) < 4.78 is 0.516. The summed E-state index contributed by atoms with van der Waals surface area (Å²) in [5.41, 5.74) is 2.20. The van der Waals surface area contributed by atoms with Gasteiger partial charge in [0.1, 0.15) is 0 Å². The second kappa shape index (κ2) is 8.43. The Morgan fingerprint density at radius 3 is 2.47 bits per heavy atom. The molecule has 1 spiro atoms. The molecule has 1 aromatic carbocycles. The molecule has 6 rings (SSSR count). The highest BCUT2D eigenvalue weighted by Gasteiger charge is 2.65. The minimum Gasteiger partial charge on any atom is -0.357 e. The Morgan fingerprint density at radius 1 is 1.00 bits per heavy atom. The van der Waals surface area contributed by atoms with Gasteiger partial charge in [0.05, 0.1) is 14.7 Å². The van der Waals surface area contributed by atoms with E-state index in [9.17, 15) is 10.1 Å². The summed E-state index contributed by atoms with van der Waals surface area (Å²) in [5.74, 6) is 6.68. The zero-order chi connectivity index (χ0) is 23.6. The van der Waals surface area contributed by atoms with Crippen molar-refractivity contribution in [3.8, 4) is 5.75 Å². The lowest BCUT2D eigenvalue weighted by Gasteiger charge is -2.61. The average molecular weight is 501 g/mol. The molecular formula is C27H36N2O3S2. The maximum Gasteiger partial charge on any atom is 0.269 e. The van der Waals surface area contributed by atoms with E-state index in [1.165, 1.54) is 74.3 Å². The summed E-state index contributed by atoms with van der Waals surface area (Å²) in [6.07, 6.45) is 11.7.